The molecule has 0 aliphatic heterocycles. The van der Waals surface area contributed by atoms with Gasteiger partial charge in [0.2, 0.25) is 4.96 Å². The minimum Gasteiger partial charge on any atom is -0.221 e. The zero-order valence-corrected chi connectivity index (χ0v) is 12.3. The van der Waals surface area contributed by atoms with Crippen molar-refractivity contribution in [1.82, 2.24) is 14.6 Å². The number of nitriles is 1. The van der Waals surface area contributed by atoms with Gasteiger partial charge in [-0.1, -0.05) is 46.0 Å². The Bertz CT molecular complexity index is 607. The van der Waals surface area contributed by atoms with Gasteiger partial charge < -0.3 is 0 Å². The Labute approximate surface area is 111 Å². The summed E-state index contributed by atoms with van der Waals surface area (Å²) in [5, 5.41) is 14.9. The standard InChI is InChI=1S/C13H18N4S/c1-8(2)6-10-16-17-9(7-14)11(13(3,4)5)15-12(17)18-10/h8H,6H2,1-5H3. The van der Waals surface area contributed by atoms with Crippen molar-refractivity contribution in [2.75, 3.05) is 0 Å². The molecule has 0 radical (unpaired) electrons. The number of imidazole rings is 1. The molecule has 2 heterocycles. The van der Waals surface area contributed by atoms with Gasteiger partial charge in [-0.25, -0.2) is 4.98 Å². The molecule has 18 heavy (non-hydrogen) atoms. The molecule has 2 aromatic rings. The molecule has 0 aliphatic rings. The Morgan fingerprint density at radius 1 is 1.39 bits per heavy atom. The first-order valence-corrected chi connectivity index (χ1v) is 6.93. The summed E-state index contributed by atoms with van der Waals surface area (Å²) in [6.07, 6.45) is 0.934. The minimum atomic E-state index is -0.128. The quantitative estimate of drug-likeness (QED) is 0.835. The fraction of sp³-hybridized carbons (Fsp3) is 0.615. The highest BCUT2D eigenvalue weighted by Gasteiger charge is 2.25. The Morgan fingerprint density at radius 3 is 2.56 bits per heavy atom. The monoisotopic (exact) mass is 262 g/mol. The van der Waals surface area contributed by atoms with Crippen LogP contribution >= 0.6 is 11.3 Å². The Hall–Kier alpha value is -1.41. The number of hydrogen-bond acceptors (Lipinski definition) is 4. The maximum absolute atomic E-state index is 9.31. The van der Waals surface area contributed by atoms with E-state index in [1.165, 1.54) is 0 Å². The lowest BCUT2D eigenvalue weighted by Crippen LogP contribution is -2.14. The van der Waals surface area contributed by atoms with Crippen LogP contribution in [-0.4, -0.2) is 14.6 Å². The second-order valence-corrected chi connectivity index (χ2v) is 7.00. The van der Waals surface area contributed by atoms with Crippen molar-refractivity contribution < 1.29 is 0 Å². The van der Waals surface area contributed by atoms with Crippen LogP contribution in [0.5, 0.6) is 0 Å². The molecule has 2 aromatic heterocycles. The minimum absolute atomic E-state index is 0.128. The van der Waals surface area contributed by atoms with Gasteiger partial charge in [0.05, 0.1) is 5.69 Å². The second kappa shape index (κ2) is 4.36. The lowest BCUT2D eigenvalue weighted by molar-refractivity contribution is 0.569. The average Bonchev–Trinajstić information content (AvgIpc) is 2.71. The van der Waals surface area contributed by atoms with Gasteiger partial charge in [-0.15, -0.1) is 0 Å². The number of rotatable bonds is 2. The predicted molar refractivity (Wildman–Crippen MR) is 72.8 cm³/mol. The van der Waals surface area contributed by atoms with E-state index in [1.54, 1.807) is 15.9 Å². The highest BCUT2D eigenvalue weighted by atomic mass is 32.1. The fourth-order valence-corrected chi connectivity index (χ4v) is 2.95. The van der Waals surface area contributed by atoms with E-state index in [9.17, 15) is 5.26 Å². The van der Waals surface area contributed by atoms with E-state index in [2.05, 4.69) is 50.8 Å². The van der Waals surface area contributed by atoms with E-state index in [1.807, 2.05) is 0 Å². The predicted octanol–water partition coefficient (Wildman–Crippen LogP) is 3.16. The number of hydrogen-bond donors (Lipinski definition) is 0. The van der Waals surface area contributed by atoms with Crippen LogP contribution in [0.4, 0.5) is 0 Å². The fourth-order valence-electron chi connectivity index (χ4n) is 1.84. The summed E-state index contributed by atoms with van der Waals surface area (Å²) in [7, 11) is 0. The molecule has 0 saturated heterocycles. The molecule has 0 N–H and O–H groups in total. The van der Waals surface area contributed by atoms with Crippen LogP contribution in [0.15, 0.2) is 0 Å². The molecule has 96 valence electrons. The first kappa shape index (κ1) is 13.0. The van der Waals surface area contributed by atoms with Crippen LogP contribution in [-0.2, 0) is 11.8 Å². The van der Waals surface area contributed by atoms with Gasteiger partial charge in [-0.2, -0.15) is 14.9 Å². The molecule has 0 atom stereocenters. The summed E-state index contributed by atoms with van der Waals surface area (Å²) < 4.78 is 1.70. The maximum atomic E-state index is 9.31. The molecular weight excluding hydrogens is 244 g/mol. The third-order valence-corrected chi connectivity index (χ3v) is 3.58. The molecule has 0 amide bonds. The lowest BCUT2D eigenvalue weighted by atomic mass is 9.91. The third-order valence-electron chi connectivity index (χ3n) is 2.64. The van der Waals surface area contributed by atoms with Crippen LogP contribution in [0.2, 0.25) is 0 Å². The van der Waals surface area contributed by atoms with Crippen molar-refractivity contribution in [3.8, 4) is 6.07 Å². The summed E-state index contributed by atoms with van der Waals surface area (Å²) in [5.74, 6) is 0.563. The summed E-state index contributed by atoms with van der Waals surface area (Å²) in [6.45, 7) is 10.5. The molecule has 0 spiro atoms. The van der Waals surface area contributed by atoms with Crippen LogP contribution in [0.3, 0.4) is 0 Å². The molecule has 5 heteroatoms. The van der Waals surface area contributed by atoms with E-state index >= 15 is 0 Å². The SMILES string of the molecule is CC(C)Cc1nn2c(C#N)c(C(C)(C)C)nc2s1. The van der Waals surface area contributed by atoms with Crippen molar-refractivity contribution in [3.63, 3.8) is 0 Å². The van der Waals surface area contributed by atoms with Gasteiger partial charge >= 0.3 is 0 Å². The average molecular weight is 262 g/mol. The smallest absolute Gasteiger partial charge is 0.213 e. The molecule has 0 aliphatic carbocycles. The van der Waals surface area contributed by atoms with E-state index < -0.39 is 0 Å². The van der Waals surface area contributed by atoms with Gasteiger partial charge in [-0.3, -0.25) is 0 Å². The van der Waals surface area contributed by atoms with E-state index in [0.717, 1.165) is 22.1 Å². The topological polar surface area (TPSA) is 54.0 Å². The third kappa shape index (κ3) is 2.25. The number of nitrogens with zero attached hydrogens (tertiary/aromatic N) is 4. The highest BCUT2D eigenvalue weighted by Crippen LogP contribution is 2.28. The molecule has 0 unspecified atom stereocenters. The zero-order chi connectivity index (χ0) is 13.5. The molecular formula is C13H18N4S. The summed E-state index contributed by atoms with van der Waals surface area (Å²) in [4.78, 5) is 5.41. The molecule has 2 rings (SSSR count). The van der Waals surface area contributed by atoms with Crippen LogP contribution in [0.1, 0.15) is 51.0 Å². The Kier molecular flexibility index (Phi) is 3.16. The van der Waals surface area contributed by atoms with Crippen LogP contribution in [0.25, 0.3) is 4.96 Å². The maximum Gasteiger partial charge on any atom is 0.213 e. The molecule has 0 saturated carbocycles. The Morgan fingerprint density at radius 2 is 2.06 bits per heavy atom. The van der Waals surface area contributed by atoms with Gasteiger partial charge in [0.15, 0.2) is 5.69 Å². The van der Waals surface area contributed by atoms with Crippen molar-refractivity contribution in [2.24, 2.45) is 5.92 Å². The first-order valence-electron chi connectivity index (χ1n) is 6.12. The van der Waals surface area contributed by atoms with Crippen molar-refractivity contribution in [3.05, 3.63) is 16.4 Å². The number of fused-ring (bicyclic) bond motifs is 1. The second-order valence-electron chi connectivity index (χ2n) is 5.96. The zero-order valence-electron chi connectivity index (χ0n) is 11.5. The summed E-state index contributed by atoms with van der Waals surface area (Å²) in [5.41, 5.74) is 1.28. The van der Waals surface area contributed by atoms with E-state index in [0.29, 0.717) is 11.6 Å². The van der Waals surface area contributed by atoms with Crippen molar-refractivity contribution in [2.45, 2.75) is 46.5 Å². The van der Waals surface area contributed by atoms with Crippen LogP contribution in [0, 0.1) is 17.2 Å². The summed E-state index contributed by atoms with van der Waals surface area (Å²) in [6, 6.07) is 2.24. The first-order chi connectivity index (χ1) is 8.32. The van der Waals surface area contributed by atoms with Crippen LogP contribution < -0.4 is 0 Å². The van der Waals surface area contributed by atoms with Gasteiger partial charge in [0, 0.05) is 11.8 Å². The van der Waals surface area contributed by atoms with E-state index in [-0.39, 0.29) is 5.41 Å². The normalized spacial score (nSPS) is 12.3. The molecule has 4 nitrogen and oxygen atoms in total. The molecule has 0 bridgehead atoms. The molecule has 0 fully saturated rings. The van der Waals surface area contributed by atoms with E-state index in [4.69, 9.17) is 0 Å². The van der Waals surface area contributed by atoms with Crippen molar-refractivity contribution >= 4 is 16.3 Å². The van der Waals surface area contributed by atoms with Crippen molar-refractivity contribution in [1.29, 1.82) is 5.26 Å². The number of aromatic nitrogens is 3. The largest absolute Gasteiger partial charge is 0.221 e. The molecule has 0 aromatic carbocycles. The lowest BCUT2D eigenvalue weighted by Gasteiger charge is -2.14. The highest BCUT2D eigenvalue weighted by molar-refractivity contribution is 7.16. The van der Waals surface area contributed by atoms with Gasteiger partial charge in [0.25, 0.3) is 0 Å². The van der Waals surface area contributed by atoms with Gasteiger partial charge in [0.1, 0.15) is 11.1 Å². The van der Waals surface area contributed by atoms with Gasteiger partial charge in [-0.05, 0) is 5.92 Å². The summed E-state index contributed by atoms with van der Waals surface area (Å²) >= 11 is 1.58. The Balaban J connectivity index is 2.55.